The minimum absolute atomic E-state index is 0.164. The third-order valence-corrected chi connectivity index (χ3v) is 5.31. The Morgan fingerprint density at radius 3 is 2.77 bits per heavy atom. The van der Waals surface area contributed by atoms with Gasteiger partial charge in [-0.3, -0.25) is 4.99 Å². The van der Waals surface area contributed by atoms with E-state index in [2.05, 4.69) is 17.2 Å². The fraction of sp³-hybridized carbons (Fsp3) is 0.650. The molecule has 146 valence electrons. The van der Waals surface area contributed by atoms with E-state index in [1.54, 1.807) is 7.11 Å². The number of halogens is 1. The first kappa shape index (κ1) is 20.8. The highest BCUT2D eigenvalue weighted by Crippen LogP contribution is 2.41. The Balaban J connectivity index is 2.10. The third kappa shape index (κ3) is 5.78. The second-order valence-electron chi connectivity index (χ2n) is 6.93. The number of methoxy groups -OCH3 is 1. The predicted molar refractivity (Wildman–Crippen MR) is 108 cm³/mol. The van der Waals surface area contributed by atoms with Crippen LogP contribution in [-0.4, -0.2) is 39.4 Å². The van der Waals surface area contributed by atoms with Crippen molar-refractivity contribution in [2.45, 2.75) is 50.9 Å². The fourth-order valence-corrected chi connectivity index (χ4v) is 3.60. The molecule has 3 N–H and O–H groups in total. The van der Waals surface area contributed by atoms with Crippen LogP contribution in [0.5, 0.6) is 5.75 Å². The lowest BCUT2D eigenvalue weighted by molar-refractivity contribution is 0.0523. The van der Waals surface area contributed by atoms with Crippen LogP contribution >= 0.6 is 11.6 Å². The molecule has 2 rings (SSSR count). The number of hydrogen-bond donors (Lipinski definition) is 2. The van der Waals surface area contributed by atoms with Gasteiger partial charge in [-0.1, -0.05) is 37.8 Å². The highest BCUT2D eigenvalue weighted by Gasteiger charge is 2.37. The molecule has 0 radical (unpaired) electrons. The van der Waals surface area contributed by atoms with E-state index in [4.69, 9.17) is 26.8 Å². The van der Waals surface area contributed by atoms with E-state index in [-0.39, 0.29) is 5.41 Å². The number of unbranched alkanes of at least 4 members (excludes halogenated alkanes) is 3. The predicted octanol–water partition coefficient (Wildman–Crippen LogP) is 3.88. The van der Waals surface area contributed by atoms with Gasteiger partial charge in [0.2, 0.25) is 0 Å². The van der Waals surface area contributed by atoms with Crippen LogP contribution < -0.4 is 15.8 Å². The zero-order valence-corrected chi connectivity index (χ0v) is 16.8. The van der Waals surface area contributed by atoms with Crippen molar-refractivity contribution < 1.29 is 9.47 Å². The van der Waals surface area contributed by atoms with Crippen molar-refractivity contribution in [3.63, 3.8) is 0 Å². The molecular formula is C20H32ClN3O2. The van der Waals surface area contributed by atoms with Gasteiger partial charge in [0.1, 0.15) is 5.75 Å². The lowest BCUT2D eigenvalue weighted by atomic mass is 9.73. The summed E-state index contributed by atoms with van der Waals surface area (Å²) in [6, 6.07) is 5.77. The number of hydrogen-bond acceptors (Lipinski definition) is 3. The molecule has 0 spiro atoms. The van der Waals surface area contributed by atoms with Crippen molar-refractivity contribution in [3.8, 4) is 5.75 Å². The maximum Gasteiger partial charge on any atom is 0.188 e. The van der Waals surface area contributed by atoms with Crippen LogP contribution in [0.4, 0.5) is 0 Å². The molecule has 0 amide bonds. The van der Waals surface area contributed by atoms with Gasteiger partial charge in [0, 0.05) is 35.8 Å². The second-order valence-corrected chi connectivity index (χ2v) is 7.36. The normalized spacial score (nSPS) is 17.1. The molecule has 5 nitrogen and oxygen atoms in total. The summed E-state index contributed by atoms with van der Waals surface area (Å²) in [4.78, 5) is 4.65. The van der Waals surface area contributed by atoms with Crippen LogP contribution in [-0.2, 0) is 10.2 Å². The molecule has 0 aliphatic carbocycles. The van der Waals surface area contributed by atoms with Crippen LogP contribution in [0.1, 0.15) is 51.0 Å². The van der Waals surface area contributed by atoms with Crippen LogP contribution in [0.15, 0.2) is 23.2 Å². The van der Waals surface area contributed by atoms with Crippen molar-refractivity contribution in [3.05, 3.63) is 28.8 Å². The van der Waals surface area contributed by atoms with Gasteiger partial charge in [0.25, 0.3) is 0 Å². The first-order valence-electron chi connectivity index (χ1n) is 9.57. The number of nitrogens with zero attached hydrogens (tertiary/aromatic N) is 1. The maximum atomic E-state index is 6.27. The van der Waals surface area contributed by atoms with Gasteiger partial charge >= 0.3 is 0 Å². The van der Waals surface area contributed by atoms with Gasteiger partial charge in [0.15, 0.2) is 5.96 Å². The van der Waals surface area contributed by atoms with Crippen molar-refractivity contribution in [2.24, 2.45) is 10.7 Å². The highest BCUT2D eigenvalue weighted by atomic mass is 35.5. The van der Waals surface area contributed by atoms with E-state index < -0.39 is 0 Å². The molecule has 1 fully saturated rings. The third-order valence-electron chi connectivity index (χ3n) is 5.07. The number of nitrogens with two attached hydrogens (primary N) is 1. The fourth-order valence-electron chi connectivity index (χ4n) is 3.43. The van der Waals surface area contributed by atoms with Crippen LogP contribution in [0.2, 0.25) is 5.02 Å². The number of nitrogens with one attached hydrogen (secondary N) is 1. The number of rotatable bonds is 9. The minimum atomic E-state index is -0.164. The summed E-state index contributed by atoms with van der Waals surface area (Å²) in [5.41, 5.74) is 7.02. The summed E-state index contributed by atoms with van der Waals surface area (Å²) >= 11 is 6.27. The van der Waals surface area contributed by atoms with E-state index in [1.807, 2.05) is 18.2 Å². The van der Waals surface area contributed by atoms with Crippen LogP contribution in [0.3, 0.4) is 0 Å². The van der Waals surface area contributed by atoms with Gasteiger partial charge < -0.3 is 20.5 Å². The molecule has 0 atom stereocenters. The Kier molecular flexibility index (Phi) is 8.52. The van der Waals surface area contributed by atoms with Gasteiger partial charge in [-0.05, 0) is 37.5 Å². The molecular weight excluding hydrogens is 350 g/mol. The molecule has 1 saturated heterocycles. The first-order chi connectivity index (χ1) is 12.6. The number of ether oxygens (including phenoxy) is 2. The van der Waals surface area contributed by atoms with E-state index in [0.717, 1.165) is 37.1 Å². The monoisotopic (exact) mass is 381 g/mol. The Hall–Kier alpha value is -1.46. The Bertz CT molecular complexity index is 586. The molecule has 26 heavy (non-hydrogen) atoms. The summed E-state index contributed by atoms with van der Waals surface area (Å²) < 4.78 is 11.2. The van der Waals surface area contributed by atoms with Crippen molar-refractivity contribution in [2.75, 3.05) is 33.4 Å². The molecule has 0 bridgehead atoms. The molecule has 0 saturated carbocycles. The van der Waals surface area contributed by atoms with E-state index in [0.29, 0.717) is 30.7 Å². The standard InChI is InChI=1S/C20H32ClN3O2/c1-3-4-5-6-11-23-19(22)24-15-20(9-12-26-13-10-20)17-14-16(21)7-8-18(17)25-2/h7-8,14H,3-6,9-13,15H2,1-2H3,(H3,22,23,24). The van der Waals surface area contributed by atoms with Gasteiger partial charge in [0.05, 0.1) is 13.7 Å². The van der Waals surface area contributed by atoms with Gasteiger partial charge in [-0.25, -0.2) is 0 Å². The second kappa shape index (κ2) is 10.6. The SMILES string of the molecule is CCCCCCNC(N)=NCC1(c2cc(Cl)ccc2OC)CCOCC1. The molecule has 1 heterocycles. The summed E-state index contributed by atoms with van der Waals surface area (Å²) in [7, 11) is 1.69. The summed E-state index contributed by atoms with van der Waals surface area (Å²) in [6.07, 6.45) is 6.57. The zero-order valence-electron chi connectivity index (χ0n) is 16.0. The number of aliphatic imine (C=N–C) groups is 1. The summed E-state index contributed by atoms with van der Waals surface area (Å²) in [5, 5.41) is 3.94. The van der Waals surface area contributed by atoms with Crippen LogP contribution in [0, 0.1) is 0 Å². The van der Waals surface area contributed by atoms with Crippen molar-refractivity contribution in [1.82, 2.24) is 5.32 Å². The minimum Gasteiger partial charge on any atom is -0.496 e. The smallest absolute Gasteiger partial charge is 0.188 e. The molecule has 0 aromatic heterocycles. The average molecular weight is 382 g/mol. The van der Waals surface area contributed by atoms with Gasteiger partial charge in [-0.2, -0.15) is 0 Å². The molecule has 6 heteroatoms. The number of guanidine groups is 1. The lowest BCUT2D eigenvalue weighted by Gasteiger charge is -2.37. The zero-order chi connectivity index (χ0) is 18.8. The number of benzene rings is 1. The Morgan fingerprint density at radius 2 is 2.08 bits per heavy atom. The topological polar surface area (TPSA) is 68.9 Å². The quantitative estimate of drug-likeness (QED) is 0.387. The molecule has 1 aromatic carbocycles. The Morgan fingerprint density at radius 1 is 1.31 bits per heavy atom. The average Bonchev–Trinajstić information content (AvgIpc) is 2.67. The van der Waals surface area contributed by atoms with Gasteiger partial charge in [-0.15, -0.1) is 0 Å². The van der Waals surface area contributed by atoms with E-state index in [1.165, 1.54) is 19.3 Å². The summed E-state index contributed by atoms with van der Waals surface area (Å²) in [5.74, 6) is 1.35. The molecule has 1 aromatic rings. The van der Waals surface area contributed by atoms with E-state index in [9.17, 15) is 0 Å². The van der Waals surface area contributed by atoms with Crippen LogP contribution in [0.25, 0.3) is 0 Å². The molecule has 1 aliphatic rings. The first-order valence-corrected chi connectivity index (χ1v) is 9.94. The molecule has 0 unspecified atom stereocenters. The molecule has 1 aliphatic heterocycles. The Labute approximate surface area is 162 Å². The lowest BCUT2D eigenvalue weighted by Crippen LogP contribution is -2.39. The van der Waals surface area contributed by atoms with Crippen molar-refractivity contribution >= 4 is 17.6 Å². The largest absolute Gasteiger partial charge is 0.496 e. The highest BCUT2D eigenvalue weighted by molar-refractivity contribution is 6.30. The van der Waals surface area contributed by atoms with E-state index >= 15 is 0 Å². The van der Waals surface area contributed by atoms with Crippen molar-refractivity contribution in [1.29, 1.82) is 0 Å². The maximum absolute atomic E-state index is 6.27. The summed E-state index contributed by atoms with van der Waals surface area (Å²) in [6.45, 7) is 5.08.